The van der Waals surface area contributed by atoms with Crippen molar-refractivity contribution in [3.05, 3.63) is 41.5 Å². The molecule has 1 aliphatic carbocycles. The quantitative estimate of drug-likeness (QED) is 0.756. The Kier molecular flexibility index (Phi) is 7.23. The van der Waals surface area contributed by atoms with Crippen LogP contribution in [0.2, 0.25) is 0 Å². The van der Waals surface area contributed by atoms with Gasteiger partial charge >= 0.3 is 0 Å². The molecule has 0 fully saturated rings. The van der Waals surface area contributed by atoms with Crippen molar-refractivity contribution in [3.63, 3.8) is 0 Å². The smallest absolute Gasteiger partial charge is 0.240 e. The van der Waals surface area contributed by atoms with Crippen LogP contribution < -0.4 is 10.2 Å². The lowest BCUT2D eigenvalue weighted by Gasteiger charge is -2.25. The van der Waals surface area contributed by atoms with Crippen LogP contribution in [-0.4, -0.2) is 24.9 Å². The highest BCUT2D eigenvalue weighted by Crippen LogP contribution is 2.27. The van der Waals surface area contributed by atoms with Gasteiger partial charge in [0.05, 0.1) is 0 Å². The Bertz CT molecular complexity index is 635. The molecule has 0 saturated carbocycles. The third-order valence-corrected chi connectivity index (χ3v) is 4.68. The largest absolute Gasteiger partial charge is 0.354 e. The Hall–Kier alpha value is -2.10. The van der Waals surface area contributed by atoms with Crippen molar-refractivity contribution in [3.8, 4) is 0 Å². The number of rotatable bonds is 7. The van der Waals surface area contributed by atoms with Gasteiger partial charge in [-0.1, -0.05) is 43.7 Å². The third kappa shape index (κ3) is 5.73. The van der Waals surface area contributed by atoms with E-state index in [1.165, 1.54) is 25.3 Å². The van der Waals surface area contributed by atoms with Crippen LogP contribution in [0.5, 0.6) is 0 Å². The van der Waals surface area contributed by atoms with Gasteiger partial charge in [0, 0.05) is 19.2 Å². The third-order valence-electron chi connectivity index (χ3n) is 4.68. The molecule has 2 amide bonds. The van der Waals surface area contributed by atoms with Crippen LogP contribution >= 0.6 is 0 Å². The zero-order chi connectivity index (χ0) is 18.2. The monoisotopic (exact) mass is 342 g/mol. The Balaban J connectivity index is 1.96. The Morgan fingerprint density at radius 1 is 1.20 bits per heavy atom. The summed E-state index contributed by atoms with van der Waals surface area (Å²) in [5, 5.41) is 2.96. The van der Waals surface area contributed by atoms with E-state index in [-0.39, 0.29) is 18.4 Å². The maximum absolute atomic E-state index is 12.3. The molecule has 0 spiro atoms. The molecule has 0 unspecified atom stereocenters. The van der Waals surface area contributed by atoms with Crippen LogP contribution in [0.15, 0.2) is 35.9 Å². The van der Waals surface area contributed by atoms with E-state index in [2.05, 4.69) is 25.2 Å². The molecule has 4 nitrogen and oxygen atoms in total. The summed E-state index contributed by atoms with van der Waals surface area (Å²) in [7, 11) is 0. The molecule has 1 N–H and O–H groups in total. The minimum atomic E-state index is -0.113. The lowest BCUT2D eigenvalue weighted by atomic mass is 9.97. The van der Waals surface area contributed by atoms with Gasteiger partial charge < -0.3 is 10.2 Å². The molecule has 0 bridgehead atoms. The van der Waals surface area contributed by atoms with Crippen molar-refractivity contribution >= 4 is 17.5 Å². The van der Waals surface area contributed by atoms with E-state index < -0.39 is 0 Å². The lowest BCUT2D eigenvalue weighted by molar-refractivity contribution is -0.123. The second-order valence-corrected chi connectivity index (χ2v) is 7.03. The van der Waals surface area contributed by atoms with Gasteiger partial charge in [-0.15, -0.1) is 0 Å². The molecule has 4 heteroatoms. The van der Waals surface area contributed by atoms with Crippen LogP contribution in [0.25, 0.3) is 0 Å². The highest BCUT2D eigenvalue weighted by Gasteiger charge is 2.19. The molecule has 25 heavy (non-hydrogen) atoms. The number of allylic oxidation sites excluding steroid dienone is 1. The van der Waals surface area contributed by atoms with Gasteiger partial charge in [0.15, 0.2) is 0 Å². The minimum absolute atomic E-state index is 0.0676. The van der Waals surface area contributed by atoms with Crippen molar-refractivity contribution in [1.82, 2.24) is 5.32 Å². The number of para-hydroxylation sites is 1. The summed E-state index contributed by atoms with van der Waals surface area (Å²) in [4.78, 5) is 26.0. The van der Waals surface area contributed by atoms with Crippen LogP contribution in [0.1, 0.15) is 64.4 Å². The normalized spacial score (nSPS) is 14.2. The maximum atomic E-state index is 12.3. The first-order chi connectivity index (χ1) is 12.0. The summed E-state index contributed by atoms with van der Waals surface area (Å²) in [5.74, 6) is 0.0720. The van der Waals surface area contributed by atoms with Crippen LogP contribution in [0, 0.1) is 0 Å². The highest BCUT2D eigenvalue weighted by atomic mass is 16.2. The summed E-state index contributed by atoms with van der Waals surface area (Å²) >= 11 is 0. The first-order valence-corrected chi connectivity index (χ1v) is 9.30. The van der Waals surface area contributed by atoms with Crippen molar-refractivity contribution in [2.45, 2.75) is 58.8 Å². The van der Waals surface area contributed by atoms with E-state index in [0.717, 1.165) is 30.5 Å². The fraction of sp³-hybridized carbons (Fsp3) is 0.524. The predicted molar refractivity (Wildman–Crippen MR) is 103 cm³/mol. The number of amides is 2. The van der Waals surface area contributed by atoms with Gasteiger partial charge in [-0.2, -0.15) is 0 Å². The zero-order valence-corrected chi connectivity index (χ0v) is 15.7. The standard InChI is InChI=1S/C21H30N2O2/c1-16(2)19-11-7-8-12-20(19)23(17(3)24)15-21(25)22-14-13-18-9-5-4-6-10-18/h7-9,11-12,16H,4-6,10,13-15H2,1-3H3,(H,22,25). The van der Waals surface area contributed by atoms with Crippen molar-refractivity contribution in [2.75, 3.05) is 18.0 Å². The number of nitrogens with one attached hydrogen (secondary N) is 1. The van der Waals surface area contributed by atoms with Gasteiger partial charge in [-0.05, 0) is 49.7 Å². The number of nitrogens with zero attached hydrogens (tertiary/aromatic N) is 1. The molecule has 0 aromatic heterocycles. The molecule has 0 atom stereocenters. The average Bonchev–Trinajstić information content (AvgIpc) is 2.60. The second kappa shape index (κ2) is 9.40. The van der Waals surface area contributed by atoms with Crippen molar-refractivity contribution in [1.29, 1.82) is 0 Å². The first kappa shape index (κ1) is 19.2. The first-order valence-electron chi connectivity index (χ1n) is 9.30. The van der Waals surface area contributed by atoms with Crippen molar-refractivity contribution < 1.29 is 9.59 Å². The second-order valence-electron chi connectivity index (χ2n) is 7.03. The van der Waals surface area contributed by atoms with Gasteiger partial charge in [-0.3, -0.25) is 9.59 Å². The SMILES string of the molecule is CC(=O)N(CC(=O)NCCC1=CCCCC1)c1ccccc1C(C)C. The van der Waals surface area contributed by atoms with Gasteiger partial charge in [0.2, 0.25) is 11.8 Å². The molecule has 136 valence electrons. The van der Waals surface area contributed by atoms with E-state index in [0.29, 0.717) is 12.5 Å². The number of hydrogen-bond acceptors (Lipinski definition) is 2. The van der Waals surface area contributed by atoms with E-state index >= 15 is 0 Å². The Labute approximate surface area is 151 Å². The molecule has 1 aromatic rings. The summed E-state index contributed by atoms with van der Waals surface area (Å²) in [5.41, 5.74) is 3.35. The molecule has 0 aliphatic heterocycles. The minimum Gasteiger partial charge on any atom is -0.354 e. The molecule has 0 radical (unpaired) electrons. The lowest BCUT2D eigenvalue weighted by Crippen LogP contribution is -2.40. The molecule has 2 rings (SSSR count). The summed E-state index contributed by atoms with van der Waals surface area (Å²) < 4.78 is 0. The van der Waals surface area contributed by atoms with Gasteiger partial charge in [0.25, 0.3) is 0 Å². The summed E-state index contributed by atoms with van der Waals surface area (Å²) in [6, 6.07) is 7.81. The van der Waals surface area contributed by atoms with E-state index in [1.807, 2.05) is 24.3 Å². The fourth-order valence-electron chi connectivity index (χ4n) is 3.28. The Morgan fingerprint density at radius 3 is 2.60 bits per heavy atom. The van der Waals surface area contributed by atoms with Gasteiger partial charge in [0.1, 0.15) is 6.54 Å². The fourth-order valence-corrected chi connectivity index (χ4v) is 3.28. The van der Waals surface area contributed by atoms with Gasteiger partial charge in [-0.25, -0.2) is 0 Å². The molecular formula is C21H30N2O2. The maximum Gasteiger partial charge on any atom is 0.240 e. The Morgan fingerprint density at radius 2 is 1.96 bits per heavy atom. The van der Waals surface area contributed by atoms with Crippen LogP contribution in [-0.2, 0) is 9.59 Å². The number of benzene rings is 1. The molecular weight excluding hydrogens is 312 g/mol. The number of anilines is 1. The average molecular weight is 342 g/mol. The van der Waals surface area contributed by atoms with E-state index in [1.54, 1.807) is 4.90 Å². The van der Waals surface area contributed by atoms with E-state index in [4.69, 9.17) is 0 Å². The molecule has 1 aliphatic rings. The number of carbonyl (C=O) groups excluding carboxylic acids is 2. The summed E-state index contributed by atoms with van der Waals surface area (Å²) in [6.07, 6.45) is 8.05. The topological polar surface area (TPSA) is 49.4 Å². The molecule has 1 aromatic carbocycles. The van der Waals surface area contributed by atoms with Crippen LogP contribution in [0.4, 0.5) is 5.69 Å². The molecule has 0 heterocycles. The van der Waals surface area contributed by atoms with E-state index in [9.17, 15) is 9.59 Å². The number of carbonyl (C=O) groups is 2. The highest BCUT2D eigenvalue weighted by molar-refractivity contribution is 5.98. The van der Waals surface area contributed by atoms with Crippen molar-refractivity contribution in [2.24, 2.45) is 0 Å². The zero-order valence-electron chi connectivity index (χ0n) is 15.7. The predicted octanol–water partition coefficient (Wildman–Crippen LogP) is 4.17. The number of hydrogen-bond donors (Lipinski definition) is 1. The summed E-state index contributed by atoms with van der Waals surface area (Å²) in [6.45, 7) is 6.40. The van der Waals surface area contributed by atoms with Crippen LogP contribution in [0.3, 0.4) is 0 Å². The molecule has 0 saturated heterocycles.